The fraction of sp³-hybridized carbons (Fsp3) is 0.538. The van der Waals surface area contributed by atoms with E-state index in [1.807, 2.05) is 31.2 Å². The summed E-state index contributed by atoms with van der Waals surface area (Å²) < 4.78 is 12.5. The van der Waals surface area contributed by atoms with Gasteiger partial charge in [0.15, 0.2) is 0 Å². The Morgan fingerprint density at radius 3 is 2.44 bits per heavy atom. The van der Waals surface area contributed by atoms with Gasteiger partial charge in [-0.2, -0.15) is 0 Å². The van der Waals surface area contributed by atoms with Crippen LogP contribution in [0.1, 0.15) is 37.7 Å². The van der Waals surface area contributed by atoms with Gasteiger partial charge in [-0.3, -0.25) is 4.57 Å². The Bertz CT molecular complexity index is 408. The molecule has 0 spiro atoms. The number of hydrogen-bond donors (Lipinski definition) is 1. The van der Waals surface area contributed by atoms with Crippen molar-refractivity contribution < 1.29 is 9.46 Å². The molecule has 1 aromatic rings. The van der Waals surface area contributed by atoms with E-state index in [4.69, 9.17) is 0 Å². The highest BCUT2D eigenvalue weighted by Gasteiger charge is 2.34. The van der Waals surface area contributed by atoms with E-state index in [0.717, 1.165) is 31.2 Å². The van der Waals surface area contributed by atoms with Crippen LogP contribution in [0.25, 0.3) is 0 Å². The molecule has 0 bridgehead atoms. The van der Waals surface area contributed by atoms with Crippen molar-refractivity contribution in [3.8, 4) is 0 Å². The van der Waals surface area contributed by atoms with Crippen LogP contribution in [-0.4, -0.2) is 10.6 Å². The largest absolute Gasteiger partial charge is 0.341 e. The smallest absolute Gasteiger partial charge is 0.232 e. The Hall–Kier alpha value is -0.590. The molecule has 1 aromatic carbocycles. The molecule has 3 heteroatoms. The minimum Gasteiger partial charge on any atom is -0.341 e. The Morgan fingerprint density at radius 2 is 1.81 bits per heavy atom. The molecule has 1 atom stereocenters. The standard InChI is InChI=1S/C13H19O2P/c1-11-7-5-6-10-13(11)16(14,15)12-8-3-2-4-9-12/h5-7,10,12H,2-4,8-9H2,1H3,(H,14,15). The Labute approximate surface area is 97.2 Å². The van der Waals surface area contributed by atoms with Gasteiger partial charge in [0.05, 0.1) is 0 Å². The number of hydrogen-bond acceptors (Lipinski definition) is 1. The lowest BCUT2D eigenvalue weighted by Crippen LogP contribution is -2.21. The molecule has 0 radical (unpaired) electrons. The van der Waals surface area contributed by atoms with E-state index in [2.05, 4.69) is 0 Å². The first-order chi connectivity index (χ1) is 7.62. The van der Waals surface area contributed by atoms with Gasteiger partial charge in [0.25, 0.3) is 0 Å². The summed E-state index contributed by atoms with van der Waals surface area (Å²) in [5.74, 6) is 0. The van der Waals surface area contributed by atoms with E-state index in [0.29, 0.717) is 5.30 Å². The molecule has 16 heavy (non-hydrogen) atoms. The van der Waals surface area contributed by atoms with Crippen LogP contribution < -0.4 is 5.30 Å². The van der Waals surface area contributed by atoms with Crippen molar-refractivity contribution in [2.75, 3.05) is 0 Å². The van der Waals surface area contributed by atoms with Gasteiger partial charge in [-0.15, -0.1) is 0 Å². The molecule has 1 fully saturated rings. The van der Waals surface area contributed by atoms with Crippen molar-refractivity contribution in [1.82, 2.24) is 0 Å². The summed E-state index contributed by atoms with van der Waals surface area (Å²) in [5.41, 5.74) is 0.932. The average molecular weight is 238 g/mol. The van der Waals surface area contributed by atoms with Crippen LogP contribution in [0.4, 0.5) is 0 Å². The topological polar surface area (TPSA) is 37.3 Å². The molecule has 1 aliphatic rings. The highest BCUT2D eigenvalue weighted by atomic mass is 31.2. The second kappa shape index (κ2) is 4.73. The fourth-order valence-corrected chi connectivity index (χ4v) is 4.89. The van der Waals surface area contributed by atoms with Gasteiger partial charge in [0.2, 0.25) is 7.37 Å². The van der Waals surface area contributed by atoms with E-state index in [1.165, 1.54) is 6.42 Å². The van der Waals surface area contributed by atoms with Crippen LogP contribution in [0.2, 0.25) is 0 Å². The molecular weight excluding hydrogens is 219 g/mol. The SMILES string of the molecule is Cc1ccccc1P(=O)(O)C1CCCCC1. The fourth-order valence-electron chi connectivity index (χ4n) is 2.55. The van der Waals surface area contributed by atoms with Gasteiger partial charge >= 0.3 is 0 Å². The van der Waals surface area contributed by atoms with Crippen molar-refractivity contribution in [2.24, 2.45) is 0 Å². The van der Waals surface area contributed by atoms with E-state index >= 15 is 0 Å². The Morgan fingerprint density at radius 1 is 1.19 bits per heavy atom. The second-order valence-corrected chi connectivity index (χ2v) is 7.16. The maximum Gasteiger partial charge on any atom is 0.232 e. The zero-order valence-corrected chi connectivity index (χ0v) is 10.6. The minimum absolute atomic E-state index is 0.0117. The summed E-state index contributed by atoms with van der Waals surface area (Å²) >= 11 is 0. The van der Waals surface area contributed by atoms with Gasteiger partial charge in [0.1, 0.15) is 0 Å². The van der Waals surface area contributed by atoms with Crippen molar-refractivity contribution in [3.05, 3.63) is 29.8 Å². The van der Waals surface area contributed by atoms with Crippen LogP contribution in [0.3, 0.4) is 0 Å². The molecule has 1 N–H and O–H groups in total. The molecule has 1 unspecified atom stereocenters. The van der Waals surface area contributed by atoms with Gasteiger partial charge in [0, 0.05) is 11.0 Å². The quantitative estimate of drug-likeness (QED) is 0.803. The highest BCUT2D eigenvalue weighted by molar-refractivity contribution is 7.66. The van der Waals surface area contributed by atoms with Crippen LogP contribution >= 0.6 is 7.37 Å². The third-order valence-corrected chi connectivity index (χ3v) is 6.23. The normalized spacial score (nSPS) is 21.6. The van der Waals surface area contributed by atoms with Gasteiger partial charge in [-0.05, 0) is 31.4 Å². The summed E-state index contributed by atoms with van der Waals surface area (Å²) in [6, 6.07) is 7.50. The predicted octanol–water partition coefficient (Wildman–Crippen LogP) is 3.22. The number of rotatable bonds is 2. The molecule has 0 aromatic heterocycles. The van der Waals surface area contributed by atoms with Crippen LogP contribution in [0, 0.1) is 6.92 Å². The molecule has 88 valence electrons. The maximum atomic E-state index is 12.5. The summed E-state index contributed by atoms with van der Waals surface area (Å²) in [4.78, 5) is 10.3. The summed E-state index contributed by atoms with van der Waals surface area (Å²) in [6.07, 6.45) is 5.22. The van der Waals surface area contributed by atoms with Gasteiger partial charge < -0.3 is 4.89 Å². The van der Waals surface area contributed by atoms with E-state index in [9.17, 15) is 9.46 Å². The first kappa shape index (κ1) is 11.9. The Kier molecular flexibility index (Phi) is 3.51. The van der Waals surface area contributed by atoms with Gasteiger partial charge in [-0.25, -0.2) is 0 Å². The third kappa shape index (κ3) is 2.23. The van der Waals surface area contributed by atoms with Gasteiger partial charge in [-0.1, -0.05) is 37.5 Å². The molecule has 2 nitrogen and oxygen atoms in total. The molecular formula is C13H19O2P. The van der Waals surface area contributed by atoms with E-state index < -0.39 is 7.37 Å². The van der Waals surface area contributed by atoms with Crippen molar-refractivity contribution in [2.45, 2.75) is 44.7 Å². The zero-order valence-electron chi connectivity index (χ0n) is 9.72. The first-order valence-electron chi connectivity index (χ1n) is 6.01. The minimum atomic E-state index is -3.16. The lowest BCUT2D eigenvalue weighted by atomic mass is 10.0. The van der Waals surface area contributed by atoms with Crippen molar-refractivity contribution in [1.29, 1.82) is 0 Å². The van der Waals surface area contributed by atoms with Crippen molar-refractivity contribution in [3.63, 3.8) is 0 Å². The molecule has 2 rings (SSSR count). The van der Waals surface area contributed by atoms with E-state index in [1.54, 1.807) is 0 Å². The lowest BCUT2D eigenvalue weighted by Gasteiger charge is -2.27. The molecule has 0 aliphatic heterocycles. The van der Waals surface area contributed by atoms with Crippen LogP contribution in [0.5, 0.6) is 0 Å². The van der Waals surface area contributed by atoms with Crippen LogP contribution in [-0.2, 0) is 4.57 Å². The first-order valence-corrected chi connectivity index (χ1v) is 7.74. The molecule has 1 aliphatic carbocycles. The highest BCUT2D eigenvalue weighted by Crippen LogP contribution is 2.51. The molecule has 0 amide bonds. The zero-order chi connectivity index (χ0) is 11.6. The lowest BCUT2D eigenvalue weighted by molar-refractivity contribution is 0.431. The number of benzene rings is 1. The second-order valence-electron chi connectivity index (χ2n) is 4.70. The third-order valence-electron chi connectivity index (χ3n) is 3.53. The van der Waals surface area contributed by atoms with E-state index in [-0.39, 0.29) is 5.66 Å². The molecule has 0 saturated heterocycles. The average Bonchev–Trinajstić information content (AvgIpc) is 2.30. The molecule has 1 saturated carbocycles. The molecule has 0 heterocycles. The summed E-state index contributed by atoms with van der Waals surface area (Å²) in [7, 11) is -3.16. The summed E-state index contributed by atoms with van der Waals surface area (Å²) in [5, 5.41) is 0.668. The Balaban J connectivity index is 2.30. The monoisotopic (exact) mass is 238 g/mol. The maximum absolute atomic E-state index is 12.5. The van der Waals surface area contributed by atoms with Crippen molar-refractivity contribution >= 4 is 12.7 Å². The summed E-state index contributed by atoms with van der Waals surface area (Å²) in [6.45, 7) is 1.92. The predicted molar refractivity (Wildman–Crippen MR) is 67.5 cm³/mol. The van der Waals surface area contributed by atoms with Crippen LogP contribution in [0.15, 0.2) is 24.3 Å². The number of aryl methyl sites for hydroxylation is 1.